The second-order valence-corrected chi connectivity index (χ2v) is 8.53. The van der Waals surface area contributed by atoms with E-state index in [2.05, 4.69) is 4.98 Å². The van der Waals surface area contributed by atoms with Gasteiger partial charge in [0.2, 0.25) is 5.88 Å². The van der Waals surface area contributed by atoms with Gasteiger partial charge in [-0.05, 0) is 37.6 Å². The third kappa shape index (κ3) is 4.89. The molecule has 2 N–H and O–H groups in total. The Bertz CT molecular complexity index is 1270. The molecule has 10 heteroatoms. The molecule has 1 aliphatic heterocycles. The molecule has 1 unspecified atom stereocenters. The van der Waals surface area contributed by atoms with Gasteiger partial charge in [0.05, 0.1) is 37.6 Å². The molecular weight excluding hydrogens is 486 g/mol. The van der Waals surface area contributed by atoms with Crippen molar-refractivity contribution in [3.8, 4) is 34.3 Å². The zero-order valence-corrected chi connectivity index (χ0v) is 20.8. The van der Waals surface area contributed by atoms with Gasteiger partial charge in [-0.2, -0.15) is 0 Å². The van der Waals surface area contributed by atoms with Gasteiger partial charge in [0.1, 0.15) is 34.4 Å². The Hall–Kier alpha value is -3.92. The van der Waals surface area contributed by atoms with E-state index >= 15 is 0 Å². The molecule has 2 heterocycles. The SMILES string of the molecule is CCOCc1nc(O)c(C(=O)N2CCC(c3c(F)cccc3F)C2)c(O)c1-c1c(OC)cccc1OC. The van der Waals surface area contributed by atoms with E-state index in [-0.39, 0.29) is 36.5 Å². The predicted molar refractivity (Wildman–Crippen MR) is 131 cm³/mol. The van der Waals surface area contributed by atoms with Gasteiger partial charge in [-0.1, -0.05) is 12.1 Å². The normalized spacial score (nSPS) is 15.2. The summed E-state index contributed by atoms with van der Waals surface area (Å²) in [6.45, 7) is 2.23. The van der Waals surface area contributed by atoms with E-state index in [0.717, 1.165) is 0 Å². The number of aromatic hydroxyl groups is 2. The van der Waals surface area contributed by atoms with Crippen LogP contribution in [0.5, 0.6) is 23.1 Å². The van der Waals surface area contributed by atoms with E-state index in [9.17, 15) is 23.8 Å². The van der Waals surface area contributed by atoms with E-state index in [4.69, 9.17) is 14.2 Å². The Kier molecular flexibility index (Phi) is 7.77. The van der Waals surface area contributed by atoms with Crippen molar-refractivity contribution in [3.63, 3.8) is 0 Å². The van der Waals surface area contributed by atoms with Crippen LogP contribution in [-0.4, -0.2) is 59.9 Å². The lowest BCUT2D eigenvalue weighted by Gasteiger charge is -2.22. The number of halogens is 2. The molecule has 0 saturated carbocycles. The number of pyridine rings is 1. The van der Waals surface area contributed by atoms with Crippen LogP contribution in [0.1, 0.15) is 40.9 Å². The highest BCUT2D eigenvalue weighted by molar-refractivity contribution is 6.02. The molecule has 0 aliphatic carbocycles. The average Bonchev–Trinajstić information content (AvgIpc) is 3.36. The number of methoxy groups -OCH3 is 2. The third-order valence-electron chi connectivity index (χ3n) is 6.44. The van der Waals surface area contributed by atoms with Crippen LogP contribution in [0.2, 0.25) is 0 Å². The van der Waals surface area contributed by atoms with Crippen molar-refractivity contribution in [2.75, 3.05) is 33.9 Å². The highest BCUT2D eigenvalue weighted by Gasteiger charge is 2.36. The maximum Gasteiger partial charge on any atom is 0.263 e. The summed E-state index contributed by atoms with van der Waals surface area (Å²) in [5, 5.41) is 22.2. The summed E-state index contributed by atoms with van der Waals surface area (Å²) < 4.78 is 45.1. The summed E-state index contributed by atoms with van der Waals surface area (Å²) in [5.74, 6) is -3.20. The number of aromatic nitrogens is 1. The lowest BCUT2D eigenvalue weighted by Crippen LogP contribution is -2.29. The van der Waals surface area contributed by atoms with E-state index < -0.39 is 40.7 Å². The Labute approximate surface area is 213 Å². The Morgan fingerprint density at radius 1 is 1.05 bits per heavy atom. The Morgan fingerprint density at radius 3 is 2.27 bits per heavy atom. The van der Waals surface area contributed by atoms with Gasteiger partial charge < -0.3 is 29.3 Å². The van der Waals surface area contributed by atoms with Crippen molar-refractivity contribution in [2.45, 2.75) is 25.9 Å². The van der Waals surface area contributed by atoms with Gasteiger partial charge in [0, 0.05) is 31.2 Å². The number of hydrogen-bond acceptors (Lipinski definition) is 7. The first kappa shape index (κ1) is 26.2. The van der Waals surface area contributed by atoms with E-state index in [1.165, 1.54) is 37.3 Å². The zero-order valence-electron chi connectivity index (χ0n) is 20.8. The minimum Gasteiger partial charge on any atom is -0.506 e. The van der Waals surface area contributed by atoms with Gasteiger partial charge in [0.25, 0.3) is 5.91 Å². The molecule has 1 saturated heterocycles. The van der Waals surface area contributed by atoms with E-state index in [0.29, 0.717) is 30.1 Å². The average molecular weight is 515 g/mol. The maximum atomic E-state index is 14.3. The number of amides is 1. The molecule has 1 atom stereocenters. The fourth-order valence-corrected chi connectivity index (χ4v) is 4.71. The zero-order chi connectivity index (χ0) is 26.7. The van der Waals surface area contributed by atoms with Crippen LogP contribution in [0.3, 0.4) is 0 Å². The standard InChI is InChI=1S/C27H28F2N2O6/c1-4-37-14-18-22(23-19(35-2)9-6-10-20(23)36-3)25(32)24(26(33)30-18)27(34)31-12-11-15(13-31)21-16(28)7-5-8-17(21)29/h5-10,15H,4,11-14H2,1-3H3,(H2,30,32,33). The smallest absolute Gasteiger partial charge is 0.263 e. The van der Waals surface area contributed by atoms with Gasteiger partial charge in [0.15, 0.2) is 0 Å². The van der Waals surface area contributed by atoms with Crippen LogP contribution in [0.15, 0.2) is 36.4 Å². The predicted octanol–water partition coefficient (Wildman–Crippen LogP) is 4.62. The fraction of sp³-hybridized carbons (Fsp3) is 0.333. The largest absolute Gasteiger partial charge is 0.506 e. The van der Waals surface area contributed by atoms with Crippen molar-refractivity contribution in [2.24, 2.45) is 0 Å². The molecule has 4 rings (SSSR count). The minimum atomic E-state index is -0.722. The van der Waals surface area contributed by atoms with Crippen molar-refractivity contribution in [1.82, 2.24) is 9.88 Å². The summed E-state index contributed by atoms with van der Waals surface area (Å²) >= 11 is 0. The van der Waals surface area contributed by atoms with Gasteiger partial charge in [-0.15, -0.1) is 0 Å². The van der Waals surface area contributed by atoms with Gasteiger partial charge >= 0.3 is 0 Å². The van der Waals surface area contributed by atoms with Crippen LogP contribution >= 0.6 is 0 Å². The van der Waals surface area contributed by atoms with Crippen molar-refractivity contribution >= 4 is 5.91 Å². The molecule has 3 aromatic rings. The minimum absolute atomic E-state index is 0.00355. The van der Waals surface area contributed by atoms with Crippen LogP contribution in [0, 0.1) is 11.6 Å². The number of nitrogens with zero attached hydrogens (tertiary/aromatic N) is 2. The molecule has 0 bridgehead atoms. The monoisotopic (exact) mass is 514 g/mol. The van der Waals surface area contributed by atoms with Crippen LogP contribution in [-0.2, 0) is 11.3 Å². The molecule has 1 aromatic heterocycles. The maximum absolute atomic E-state index is 14.3. The second kappa shape index (κ2) is 11.0. The first-order valence-electron chi connectivity index (χ1n) is 11.8. The topological polar surface area (TPSA) is 101 Å². The number of ether oxygens (including phenoxy) is 3. The summed E-state index contributed by atoms with van der Waals surface area (Å²) in [7, 11) is 2.90. The second-order valence-electron chi connectivity index (χ2n) is 8.53. The van der Waals surface area contributed by atoms with E-state index in [1.807, 2.05) is 0 Å². The van der Waals surface area contributed by atoms with Crippen LogP contribution < -0.4 is 9.47 Å². The fourth-order valence-electron chi connectivity index (χ4n) is 4.71. The summed E-state index contributed by atoms with van der Waals surface area (Å²) in [6.07, 6.45) is 0.314. The van der Waals surface area contributed by atoms with Crippen LogP contribution in [0.25, 0.3) is 11.1 Å². The molecule has 0 spiro atoms. The van der Waals surface area contributed by atoms with E-state index in [1.54, 1.807) is 25.1 Å². The number of likely N-dealkylation sites (tertiary alicyclic amines) is 1. The molecule has 8 nitrogen and oxygen atoms in total. The number of benzene rings is 2. The highest BCUT2D eigenvalue weighted by atomic mass is 19.1. The molecule has 196 valence electrons. The Balaban J connectivity index is 1.79. The molecule has 37 heavy (non-hydrogen) atoms. The third-order valence-corrected chi connectivity index (χ3v) is 6.44. The molecule has 1 fully saturated rings. The number of rotatable bonds is 8. The lowest BCUT2D eigenvalue weighted by atomic mass is 9.97. The lowest BCUT2D eigenvalue weighted by molar-refractivity contribution is 0.0782. The number of carbonyl (C=O) groups excluding carboxylic acids is 1. The Morgan fingerprint density at radius 2 is 1.68 bits per heavy atom. The van der Waals surface area contributed by atoms with Crippen molar-refractivity contribution in [3.05, 3.63) is 64.9 Å². The summed E-state index contributed by atoms with van der Waals surface area (Å²) in [5.41, 5.74) is 0.0893. The van der Waals surface area contributed by atoms with Crippen molar-refractivity contribution < 1.29 is 38.0 Å². The number of hydrogen-bond donors (Lipinski definition) is 2. The van der Waals surface area contributed by atoms with Gasteiger partial charge in [-0.25, -0.2) is 13.8 Å². The summed E-state index contributed by atoms with van der Waals surface area (Å²) in [6, 6.07) is 8.65. The summed E-state index contributed by atoms with van der Waals surface area (Å²) in [4.78, 5) is 19.1. The molecular formula is C27H28F2N2O6. The molecule has 2 aromatic carbocycles. The van der Waals surface area contributed by atoms with Gasteiger partial charge in [-0.3, -0.25) is 4.79 Å². The molecule has 1 amide bonds. The quantitative estimate of drug-likeness (QED) is 0.452. The first-order chi connectivity index (χ1) is 17.8. The molecule has 1 aliphatic rings. The highest BCUT2D eigenvalue weighted by Crippen LogP contribution is 2.47. The first-order valence-corrected chi connectivity index (χ1v) is 11.8. The molecule has 0 radical (unpaired) electrons. The number of carbonyl (C=O) groups is 1. The van der Waals surface area contributed by atoms with Crippen molar-refractivity contribution in [1.29, 1.82) is 0 Å². The van der Waals surface area contributed by atoms with Crippen LogP contribution in [0.4, 0.5) is 8.78 Å².